The fraction of sp³-hybridized carbons (Fsp3) is 0.667. The molecule has 0 fully saturated rings. The molecule has 0 bridgehead atoms. The molecule has 1 unspecified atom stereocenters. The van der Waals surface area contributed by atoms with Gasteiger partial charge in [0.15, 0.2) is 0 Å². The van der Waals surface area contributed by atoms with Gasteiger partial charge in [0, 0.05) is 19.2 Å². The summed E-state index contributed by atoms with van der Waals surface area (Å²) < 4.78 is 5.53. The molecule has 0 saturated carbocycles. The van der Waals surface area contributed by atoms with Gasteiger partial charge in [-0.3, -0.25) is 0 Å². The minimum atomic E-state index is 0.590. The third kappa shape index (κ3) is 7.06. The molecule has 1 atom stereocenters. The molecule has 1 rings (SSSR count). The van der Waals surface area contributed by atoms with Crippen LogP contribution in [-0.4, -0.2) is 12.6 Å². The van der Waals surface area contributed by atoms with E-state index in [9.17, 15) is 0 Å². The Bertz CT molecular complexity index is 351. The molecule has 0 aliphatic rings. The molecule has 1 aromatic carbocycles. The van der Waals surface area contributed by atoms with Crippen molar-refractivity contribution in [1.82, 2.24) is 5.32 Å². The first kappa shape index (κ1) is 17.2. The number of benzene rings is 1. The minimum absolute atomic E-state index is 0.590. The zero-order valence-corrected chi connectivity index (χ0v) is 13.5. The third-order valence-corrected chi connectivity index (χ3v) is 3.71. The summed E-state index contributed by atoms with van der Waals surface area (Å²) >= 11 is 0. The lowest BCUT2D eigenvalue weighted by Gasteiger charge is -2.16. The van der Waals surface area contributed by atoms with Gasteiger partial charge in [0.25, 0.3) is 0 Å². The molecule has 0 radical (unpaired) electrons. The lowest BCUT2D eigenvalue weighted by molar-refractivity contribution is 0.133. The van der Waals surface area contributed by atoms with Crippen LogP contribution in [0.1, 0.15) is 64.0 Å². The van der Waals surface area contributed by atoms with E-state index >= 15 is 0 Å². The van der Waals surface area contributed by atoms with Crippen molar-refractivity contribution in [2.24, 2.45) is 0 Å². The minimum Gasteiger partial charge on any atom is -0.377 e. The molecule has 0 heterocycles. The second kappa shape index (κ2) is 10.9. The molecule has 0 aromatic heterocycles. The van der Waals surface area contributed by atoms with Gasteiger partial charge in [0.05, 0.1) is 6.61 Å². The monoisotopic (exact) mass is 277 g/mol. The van der Waals surface area contributed by atoms with Crippen LogP contribution >= 0.6 is 0 Å². The molecular formula is C18H31NO. The van der Waals surface area contributed by atoms with Crippen LogP contribution in [0.3, 0.4) is 0 Å². The van der Waals surface area contributed by atoms with E-state index in [4.69, 9.17) is 4.74 Å². The Kier molecular flexibility index (Phi) is 9.35. The average Bonchev–Trinajstić information content (AvgIpc) is 2.48. The highest BCUT2D eigenvalue weighted by Crippen LogP contribution is 2.11. The normalized spacial score (nSPS) is 12.6. The Hall–Kier alpha value is -0.860. The van der Waals surface area contributed by atoms with Crippen molar-refractivity contribution >= 4 is 0 Å². The predicted octanol–water partition coefficient (Wildman–Crippen LogP) is 4.67. The van der Waals surface area contributed by atoms with Crippen LogP contribution in [-0.2, 0) is 17.9 Å². The van der Waals surface area contributed by atoms with E-state index < -0.39 is 0 Å². The van der Waals surface area contributed by atoms with E-state index in [-0.39, 0.29) is 0 Å². The fourth-order valence-electron chi connectivity index (χ4n) is 2.35. The summed E-state index contributed by atoms with van der Waals surface area (Å²) in [4.78, 5) is 0. The SMILES string of the molecule is CCCCCCC(C)NCc1ccccc1COCC. The molecule has 20 heavy (non-hydrogen) atoms. The number of hydrogen-bond donors (Lipinski definition) is 1. The first-order chi connectivity index (χ1) is 9.77. The molecule has 0 spiro atoms. The van der Waals surface area contributed by atoms with Gasteiger partial charge >= 0.3 is 0 Å². The topological polar surface area (TPSA) is 21.3 Å². The van der Waals surface area contributed by atoms with Crippen LogP contribution in [0.4, 0.5) is 0 Å². The highest BCUT2D eigenvalue weighted by Gasteiger charge is 2.05. The van der Waals surface area contributed by atoms with Crippen molar-refractivity contribution in [2.45, 2.75) is 72.1 Å². The van der Waals surface area contributed by atoms with E-state index in [0.29, 0.717) is 6.04 Å². The molecule has 1 aromatic rings. The number of nitrogens with one attached hydrogen (secondary N) is 1. The summed E-state index contributed by atoms with van der Waals surface area (Å²) in [5, 5.41) is 3.64. The number of ether oxygens (including phenoxy) is 1. The average molecular weight is 277 g/mol. The zero-order valence-electron chi connectivity index (χ0n) is 13.5. The first-order valence-electron chi connectivity index (χ1n) is 8.15. The van der Waals surface area contributed by atoms with Gasteiger partial charge in [0.1, 0.15) is 0 Å². The molecule has 2 nitrogen and oxygen atoms in total. The summed E-state index contributed by atoms with van der Waals surface area (Å²) in [6, 6.07) is 9.15. The third-order valence-electron chi connectivity index (χ3n) is 3.71. The summed E-state index contributed by atoms with van der Waals surface area (Å²) in [6.45, 7) is 9.03. The summed E-state index contributed by atoms with van der Waals surface area (Å²) in [7, 11) is 0. The van der Waals surface area contributed by atoms with E-state index in [1.165, 1.54) is 43.2 Å². The maximum absolute atomic E-state index is 5.53. The quantitative estimate of drug-likeness (QED) is 0.593. The number of hydrogen-bond acceptors (Lipinski definition) is 2. The predicted molar refractivity (Wildman–Crippen MR) is 86.8 cm³/mol. The molecule has 0 saturated heterocycles. The number of unbranched alkanes of at least 4 members (excludes halogenated alkanes) is 3. The van der Waals surface area contributed by atoms with Crippen molar-refractivity contribution in [3.8, 4) is 0 Å². The smallest absolute Gasteiger partial charge is 0.0719 e. The van der Waals surface area contributed by atoms with Gasteiger partial charge in [-0.25, -0.2) is 0 Å². The Morgan fingerprint density at radius 1 is 1.05 bits per heavy atom. The van der Waals surface area contributed by atoms with Gasteiger partial charge in [-0.2, -0.15) is 0 Å². The van der Waals surface area contributed by atoms with Gasteiger partial charge < -0.3 is 10.1 Å². The van der Waals surface area contributed by atoms with Crippen LogP contribution in [0.2, 0.25) is 0 Å². The lowest BCUT2D eigenvalue weighted by atomic mass is 10.1. The lowest BCUT2D eigenvalue weighted by Crippen LogP contribution is -2.25. The molecule has 0 amide bonds. The van der Waals surface area contributed by atoms with Crippen LogP contribution in [0.25, 0.3) is 0 Å². The zero-order chi connectivity index (χ0) is 14.6. The maximum atomic E-state index is 5.53. The van der Waals surface area contributed by atoms with E-state index in [2.05, 4.69) is 43.4 Å². The Morgan fingerprint density at radius 3 is 2.50 bits per heavy atom. The molecule has 1 N–H and O–H groups in total. The van der Waals surface area contributed by atoms with Crippen LogP contribution in [0.5, 0.6) is 0 Å². The highest BCUT2D eigenvalue weighted by molar-refractivity contribution is 5.26. The summed E-state index contributed by atoms with van der Waals surface area (Å²) in [5.74, 6) is 0. The standard InChI is InChI=1S/C18H31NO/c1-4-6-7-8-11-16(3)19-14-17-12-9-10-13-18(17)15-20-5-2/h9-10,12-13,16,19H,4-8,11,14-15H2,1-3H3. The van der Waals surface area contributed by atoms with Crippen molar-refractivity contribution in [3.63, 3.8) is 0 Å². The largest absolute Gasteiger partial charge is 0.377 e. The first-order valence-corrected chi connectivity index (χ1v) is 8.15. The Morgan fingerprint density at radius 2 is 1.80 bits per heavy atom. The van der Waals surface area contributed by atoms with E-state index in [0.717, 1.165) is 19.8 Å². The molecule has 2 heteroatoms. The van der Waals surface area contributed by atoms with Gasteiger partial charge in [-0.05, 0) is 31.4 Å². The van der Waals surface area contributed by atoms with Crippen molar-refractivity contribution in [3.05, 3.63) is 35.4 Å². The highest BCUT2D eigenvalue weighted by atomic mass is 16.5. The summed E-state index contributed by atoms with van der Waals surface area (Å²) in [6.07, 6.45) is 6.65. The van der Waals surface area contributed by atoms with E-state index in [1.54, 1.807) is 0 Å². The Labute approximate surface area is 124 Å². The van der Waals surface area contributed by atoms with Crippen LogP contribution in [0, 0.1) is 0 Å². The molecule has 0 aliphatic carbocycles. The van der Waals surface area contributed by atoms with Crippen LogP contribution in [0.15, 0.2) is 24.3 Å². The maximum Gasteiger partial charge on any atom is 0.0719 e. The molecule has 0 aliphatic heterocycles. The molecule has 114 valence electrons. The van der Waals surface area contributed by atoms with E-state index in [1.807, 2.05) is 6.92 Å². The van der Waals surface area contributed by atoms with Gasteiger partial charge in [0.2, 0.25) is 0 Å². The van der Waals surface area contributed by atoms with Gasteiger partial charge in [-0.1, -0.05) is 56.9 Å². The Balaban J connectivity index is 2.32. The summed E-state index contributed by atoms with van der Waals surface area (Å²) in [5.41, 5.74) is 2.67. The van der Waals surface area contributed by atoms with Crippen molar-refractivity contribution in [1.29, 1.82) is 0 Å². The molecular weight excluding hydrogens is 246 g/mol. The van der Waals surface area contributed by atoms with Crippen LogP contribution < -0.4 is 5.32 Å². The van der Waals surface area contributed by atoms with Crippen molar-refractivity contribution in [2.75, 3.05) is 6.61 Å². The fourth-order valence-corrected chi connectivity index (χ4v) is 2.35. The second-order valence-corrected chi connectivity index (χ2v) is 5.54. The number of rotatable bonds is 11. The van der Waals surface area contributed by atoms with Crippen molar-refractivity contribution < 1.29 is 4.74 Å². The second-order valence-electron chi connectivity index (χ2n) is 5.54. The van der Waals surface area contributed by atoms with Gasteiger partial charge in [-0.15, -0.1) is 0 Å².